The first-order valence-electron chi connectivity index (χ1n) is 0. The van der Waals surface area contributed by atoms with Crippen molar-refractivity contribution in [3.05, 3.63) is 0 Å². The van der Waals surface area contributed by atoms with Crippen molar-refractivity contribution in [2.45, 2.75) is 0 Å². The minimum atomic E-state index is 0. The summed E-state index contributed by atoms with van der Waals surface area (Å²) < 4.78 is 0. The van der Waals surface area contributed by atoms with Gasteiger partial charge in [-0.1, -0.05) is 0 Å². The topological polar surface area (TPSA) is 28.5 Å². The van der Waals surface area contributed by atoms with Crippen LogP contribution in [0.5, 0.6) is 0 Å². The summed E-state index contributed by atoms with van der Waals surface area (Å²) >= 11 is 0. The summed E-state index contributed by atoms with van der Waals surface area (Å²) in [7, 11) is 0. The smallest absolute Gasteiger partial charge is 2.00 e. The van der Waals surface area contributed by atoms with Crippen LogP contribution < -0.4 is 0 Å². The summed E-state index contributed by atoms with van der Waals surface area (Å²) in [6, 6.07) is 0. The van der Waals surface area contributed by atoms with Crippen LogP contribution in [-0.4, -0.2) is 34.0 Å². The monoisotopic (exact) mass is 124 g/mol. The minimum Gasteiger partial charge on any atom is -2.00 e. The van der Waals surface area contributed by atoms with E-state index >= 15 is 0 Å². The number of hydrogen-bond acceptors (Lipinski definition) is 0. The van der Waals surface area contributed by atoms with Crippen LogP contribution in [0.2, 0.25) is 0 Å². The normalized spacial score (nSPS) is 0. The molecule has 0 aromatic rings. The summed E-state index contributed by atoms with van der Waals surface area (Å²) in [5.41, 5.74) is 0. The molecule has 0 aromatic heterocycles. The Morgan fingerprint density at radius 2 is 1.00 bits per heavy atom. The molecule has 0 fully saturated rings. The zero-order chi connectivity index (χ0) is 0. The molecule has 0 heterocycles. The molecule has 13 valence electrons. The first-order valence-corrected chi connectivity index (χ1v) is 0. The summed E-state index contributed by atoms with van der Waals surface area (Å²) in [5, 5.41) is 0. The summed E-state index contributed by atoms with van der Waals surface area (Å²) in [4.78, 5) is 0. The Labute approximate surface area is 56.5 Å². The van der Waals surface area contributed by atoms with Crippen LogP contribution in [0.15, 0.2) is 0 Å². The third-order valence-electron chi connectivity index (χ3n) is 0. The maximum atomic E-state index is 0. The molecule has 0 aromatic carbocycles. The predicted octanol–water partition coefficient (Wildman–Crippen LogP) is -0.883. The number of hydrogen-bond donors (Lipinski definition) is 0. The molecule has 0 atom stereocenters. The SMILES string of the molecule is [Fe+3].[Mg+2].[O-2].[Si+4]. The van der Waals surface area contributed by atoms with Gasteiger partial charge in [-0.2, -0.15) is 0 Å². The number of rotatable bonds is 0. The fourth-order valence-electron chi connectivity index (χ4n) is 0. The van der Waals surface area contributed by atoms with Gasteiger partial charge in [0.1, 0.15) is 0 Å². The van der Waals surface area contributed by atoms with Crippen molar-refractivity contribution in [1.29, 1.82) is 0 Å². The van der Waals surface area contributed by atoms with Crippen molar-refractivity contribution in [1.82, 2.24) is 0 Å². The molecule has 0 spiro atoms. The van der Waals surface area contributed by atoms with E-state index in [1.807, 2.05) is 0 Å². The Bertz CT molecular complexity index is 8.00. The van der Waals surface area contributed by atoms with Crippen LogP contribution in [0, 0.1) is 0 Å². The average molecular weight is 124 g/mol. The molecule has 0 unspecified atom stereocenters. The van der Waals surface area contributed by atoms with E-state index in [1.165, 1.54) is 0 Å². The Morgan fingerprint density at radius 3 is 1.00 bits per heavy atom. The van der Waals surface area contributed by atoms with Gasteiger partial charge in [0, 0.05) is 0 Å². The van der Waals surface area contributed by atoms with Crippen molar-refractivity contribution in [3.63, 3.8) is 0 Å². The Balaban J connectivity index is 0. The third-order valence-corrected chi connectivity index (χ3v) is 0. The molecule has 0 N–H and O–H groups in total. The van der Waals surface area contributed by atoms with Gasteiger partial charge in [0.05, 0.1) is 0 Å². The standard InChI is InChI=1S/Fe.Mg.O.Si/q+3;+2;-2;+4. The predicted molar refractivity (Wildman–Crippen MR) is 12.2 cm³/mol. The summed E-state index contributed by atoms with van der Waals surface area (Å²) in [5.74, 6) is 0. The molecule has 0 saturated heterocycles. The molecule has 0 aliphatic carbocycles. The van der Waals surface area contributed by atoms with Gasteiger partial charge in [-0.05, 0) is 0 Å². The van der Waals surface area contributed by atoms with E-state index in [0.717, 1.165) is 0 Å². The molecular formula is FeMgOSi+7. The molecule has 4 heteroatoms. The zero-order valence-electron chi connectivity index (χ0n) is 1.97. The van der Waals surface area contributed by atoms with Crippen LogP contribution in [0.1, 0.15) is 0 Å². The Kier molecular flexibility index (Phi) is 318. The van der Waals surface area contributed by atoms with Gasteiger partial charge in [0.25, 0.3) is 0 Å². The second kappa shape index (κ2) is 25.0. The van der Waals surface area contributed by atoms with E-state index in [4.69, 9.17) is 0 Å². The first-order chi connectivity index (χ1) is 0. The zero-order valence-corrected chi connectivity index (χ0v) is 5.49. The van der Waals surface area contributed by atoms with E-state index in [0.29, 0.717) is 0 Å². The maximum Gasteiger partial charge on any atom is 4.00 e. The van der Waals surface area contributed by atoms with Crippen molar-refractivity contribution < 1.29 is 22.5 Å². The molecular weight excluding hydrogens is 124 g/mol. The van der Waals surface area contributed by atoms with Crippen molar-refractivity contribution in [2.24, 2.45) is 0 Å². The second-order valence-corrected chi connectivity index (χ2v) is 0. The van der Waals surface area contributed by atoms with Crippen LogP contribution in [0.4, 0.5) is 0 Å². The molecule has 0 aliphatic rings. The minimum absolute atomic E-state index is 0. The van der Waals surface area contributed by atoms with Gasteiger partial charge in [0.15, 0.2) is 0 Å². The molecule has 4 heavy (non-hydrogen) atoms. The van der Waals surface area contributed by atoms with E-state index in [-0.39, 0.29) is 56.6 Å². The second-order valence-electron chi connectivity index (χ2n) is 0. The van der Waals surface area contributed by atoms with E-state index in [2.05, 4.69) is 0 Å². The van der Waals surface area contributed by atoms with Crippen molar-refractivity contribution in [3.8, 4) is 0 Å². The quantitative estimate of drug-likeness (QED) is 0.375. The van der Waals surface area contributed by atoms with Crippen LogP contribution in [-0.2, 0) is 22.5 Å². The first kappa shape index (κ1) is 50.9. The van der Waals surface area contributed by atoms with E-state index in [1.54, 1.807) is 0 Å². The van der Waals surface area contributed by atoms with Crippen molar-refractivity contribution >= 4 is 34.0 Å². The fourth-order valence-corrected chi connectivity index (χ4v) is 0. The van der Waals surface area contributed by atoms with Gasteiger partial charge in [-0.3, -0.25) is 0 Å². The molecule has 1 nitrogen and oxygen atoms in total. The summed E-state index contributed by atoms with van der Waals surface area (Å²) in [6.45, 7) is 0. The largest absolute Gasteiger partial charge is 4.00 e. The summed E-state index contributed by atoms with van der Waals surface area (Å²) in [6.07, 6.45) is 0. The fraction of sp³-hybridized carbons (Fsp3) is 0. The third kappa shape index (κ3) is 9.82. The maximum absolute atomic E-state index is 0. The van der Waals surface area contributed by atoms with Crippen molar-refractivity contribution in [2.75, 3.05) is 0 Å². The van der Waals surface area contributed by atoms with Gasteiger partial charge >= 0.3 is 51.1 Å². The molecule has 0 saturated carbocycles. The van der Waals surface area contributed by atoms with Gasteiger partial charge in [-0.15, -0.1) is 0 Å². The molecule has 0 aliphatic heterocycles. The van der Waals surface area contributed by atoms with Gasteiger partial charge in [-0.25, -0.2) is 0 Å². The van der Waals surface area contributed by atoms with Crippen LogP contribution in [0.25, 0.3) is 0 Å². The van der Waals surface area contributed by atoms with E-state index < -0.39 is 0 Å². The van der Waals surface area contributed by atoms with Gasteiger partial charge < -0.3 is 5.48 Å². The average Bonchev–Trinajstić information content (AvgIpc) is 0. The molecule has 1 radical (unpaired) electrons. The Morgan fingerprint density at radius 1 is 1.00 bits per heavy atom. The van der Waals surface area contributed by atoms with E-state index in [9.17, 15) is 0 Å². The molecule has 0 amide bonds. The van der Waals surface area contributed by atoms with Gasteiger partial charge in [0.2, 0.25) is 0 Å². The Hall–Kier alpha value is 1.46. The molecule has 0 rings (SSSR count). The van der Waals surface area contributed by atoms with Crippen LogP contribution >= 0.6 is 0 Å². The van der Waals surface area contributed by atoms with Crippen LogP contribution in [0.3, 0.4) is 0 Å². The molecule has 0 bridgehead atoms.